The Morgan fingerprint density at radius 1 is 1.56 bits per heavy atom. The number of nitrogens with one attached hydrogen (secondary N) is 1. The molecule has 3 N–H and O–H groups in total. The van der Waals surface area contributed by atoms with Crippen molar-refractivity contribution in [2.24, 2.45) is 5.73 Å². The lowest BCUT2D eigenvalue weighted by Crippen LogP contribution is -2.32. The lowest BCUT2D eigenvalue weighted by atomic mass is 10.2. The Hall–Kier alpha value is -1.33. The predicted octanol–water partition coefficient (Wildman–Crippen LogP) is 1.54. The van der Waals surface area contributed by atoms with E-state index in [0.29, 0.717) is 5.75 Å². The van der Waals surface area contributed by atoms with Crippen LogP contribution >= 0.6 is 12.4 Å². The van der Waals surface area contributed by atoms with Crippen LogP contribution in [0.1, 0.15) is 6.92 Å². The highest BCUT2D eigenvalue weighted by Crippen LogP contribution is 2.20. The Morgan fingerprint density at radius 2 is 2.19 bits per heavy atom. The van der Waals surface area contributed by atoms with Crippen molar-refractivity contribution in [2.75, 3.05) is 12.4 Å². The summed E-state index contributed by atoms with van der Waals surface area (Å²) in [5.74, 6) is -0.497. The molecule has 0 saturated carbocycles. The number of methoxy groups -OCH3 is 1. The number of nitrogens with two attached hydrogens (primary N) is 1. The second-order valence-corrected chi connectivity index (χ2v) is 3.12. The summed E-state index contributed by atoms with van der Waals surface area (Å²) in [6, 6.07) is 3.40. The number of hydrogen-bond donors (Lipinski definition) is 2. The molecule has 1 atom stereocenters. The molecule has 0 aliphatic heterocycles. The monoisotopic (exact) mass is 248 g/mol. The molecular formula is C10H14ClFN2O2. The van der Waals surface area contributed by atoms with Gasteiger partial charge in [0.05, 0.1) is 18.8 Å². The summed E-state index contributed by atoms with van der Waals surface area (Å²) in [5.41, 5.74) is 5.41. The highest BCUT2D eigenvalue weighted by atomic mass is 35.5. The molecule has 0 aliphatic carbocycles. The van der Waals surface area contributed by atoms with E-state index in [-0.39, 0.29) is 18.1 Å². The number of anilines is 1. The molecule has 0 unspecified atom stereocenters. The van der Waals surface area contributed by atoms with Crippen LogP contribution in [0.2, 0.25) is 0 Å². The van der Waals surface area contributed by atoms with Gasteiger partial charge in [0.1, 0.15) is 11.6 Å². The fourth-order valence-electron chi connectivity index (χ4n) is 0.974. The molecule has 1 aromatic carbocycles. The van der Waals surface area contributed by atoms with E-state index in [2.05, 4.69) is 5.32 Å². The minimum absolute atomic E-state index is 0. The van der Waals surface area contributed by atoms with Crippen LogP contribution in [-0.2, 0) is 4.79 Å². The van der Waals surface area contributed by atoms with Crippen molar-refractivity contribution in [3.05, 3.63) is 24.0 Å². The van der Waals surface area contributed by atoms with Crippen LogP contribution in [0.4, 0.5) is 10.1 Å². The zero-order chi connectivity index (χ0) is 11.4. The maximum Gasteiger partial charge on any atom is 0.241 e. The summed E-state index contributed by atoms with van der Waals surface area (Å²) in [4.78, 5) is 11.2. The maximum atomic E-state index is 13.2. The number of halogens is 2. The van der Waals surface area contributed by atoms with Crippen molar-refractivity contribution < 1.29 is 13.9 Å². The Labute approximate surface area is 99.4 Å². The molecule has 0 saturated heterocycles. The van der Waals surface area contributed by atoms with Gasteiger partial charge in [0, 0.05) is 6.07 Å². The minimum atomic E-state index is -0.685. The third-order valence-electron chi connectivity index (χ3n) is 1.84. The number of rotatable bonds is 3. The van der Waals surface area contributed by atoms with Gasteiger partial charge in [0.2, 0.25) is 5.91 Å². The molecule has 0 heterocycles. The van der Waals surface area contributed by atoms with Crippen LogP contribution in [0.15, 0.2) is 18.2 Å². The van der Waals surface area contributed by atoms with Crippen LogP contribution in [0.25, 0.3) is 0 Å². The highest BCUT2D eigenvalue weighted by Gasteiger charge is 2.11. The molecule has 6 heteroatoms. The van der Waals surface area contributed by atoms with Crippen molar-refractivity contribution in [3.8, 4) is 5.75 Å². The number of carbonyl (C=O) groups excluding carboxylic acids is 1. The average molecular weight is 249 g/mol. The van der Waals surface area contributed by atoms with E-state index in [0.717, 1.165) is 0 Å². The number of carbonyl (C=O) groups is 1. The van der Waals surface area contributed by atoms with Crippen LogP contribution < -0.4 is 15.8 Å². The van der Waals surface area contributed by atoms with E-state index in [4.69, 9.17) is 10.5 Å². The van der Waals surface area contributed by atoms with Crippen LogP contribution in [0.5, 0.6) is 5.75 Å². The van der Waals surface area contributed by atoms with E-state index in [1.807, 2.05) is 0 Å². The zero-order valence-electron chi connectivity index (χ0n) is 8.99. The van der Waals surface area contributed by atoms with E-state index >= 15 is 0 Å². The Morgan fingerprint density at radius 3 is 2.69 bits per heavy atom. The van der Waals surface area contributed by atoms with Gasteiger partial charge in [-0.1, -0.05) is 0 Å². The van der Waals surface area contributed by atoms with Crippen molar-refractivity contribution in [1.29, 1.82) is 0 Å². The summed E-state index contributed by atoms with van der Waals surface area (Å²) >= 11 is 0. The Bertz CT molecular complexity index is 372. The van der Waals surface area contributed by atoms with Gasteiger partial charge >= 0.3 is 0 Å². The zero-order valence-corrected chi connectivity index (χ0v) is 9.81. The Kier molecular flexibility index (Phi) is 5.77. The van der Waals surface area contributed by atoms with Gasteiger partial charge in [-0.3, -0.25) is 4.79 Å². The topological polar surface area (TPSA) is 64.3 Å². The second-order valence-electron chi connectivity index (χ2n) is 3.12. The normalized spacial score (nSPS) is 11.2. The van der Waals surface area contributed by atoms with Crippen LogP contribution in [-0.4, -0.2) is 19.1 Å². The summed E-state index contributed by atoms with van der Waals surface area (Å²) in [6.07, 6.45) is 0. The molecule has 0 bridgehead atoms. The van der Waals surface area contributed by atoms with E-state index in [1.54, 1.807) is 0 Å². The van der Waals surface area contributed by atoms with Gasteiger partial charge in [-0.25, -0.2) is 4.39 Å². The van der Waals surface area contributed by atoms with Gasteiger partial charge in [-0.15, -0.1) is 12.4 Å². The van der Waals surface area contributed by atoms with Crippen molar-refractivity contribution >= 4 is 24.0 Å². The van der Waals surface area contributed by atoms with E-state index in [9.17, 15) is 9.18 Å². The molecule has 0 aliphatic rings. The first-order valence-corrected chi connectivity index (χ1v) is 4.44. The smallest absolute Gasteiger partial charge is 0.241 e. The lowest BCUT2D eigenvalue weighted by Gasteiger charge is -2.09. The van der Waals surface area contributed by atoms with Gasteiger partial charge in [0.25, 0.3) is 0 Å². The first-order chi connectivity index (χ1) is 7.04. The summed E-state index contributed by atoms with van der Waals surface area (Å²) in [7, 11) is 1.46. The first-order valence-electron chi connectivity index (χ1n) is 4.44. The van der Waals surface area contributed by atoms with E-state index < -0.39 is 17.8 Å². The molecule has 0 radical (unpaired) electrons. The van der Waals surface area contributed by atoms with Crippen molar-refractivity contribution in [2.45, 2.75) is 13.0 Å². The molecule has 0 spiro atoms. The van der Waals surface area contributed by atoms with Crippen LogP contribution in [0, 0.1) is 5.82 Å². The van der Waals surface area contributed by atoms with E-state index in [1.165, 1.54) is 32.2 Å². The predicted molar refractivity (Wildman–Crippen MR) is 62.5 cm³/mol. The quantitative estimate of drug-likeness (QED) is 0.853. The molecule has 0 aromatic heterocycles. The molecular weight excluding hydrogens is 235 g/mol. The molecule has 4 nitrogen and oxygen atoms in total. The fraction of sp³-hybridized carbons (Fsp3) is 0.300. The molecule has 16 heavy (non-hydrogen) atoms. The second kappa shape index (κ2) is 6.30. The van der Waals surface area contributed by atoms with Gasteiger partial charge in [0.15, 0.2) is 0 Å². The van der Waals surface area contributed by atoms with Gasteiger partial charge < -0.3 is 15.8 Å². The standard InChI is InChI=1S/C10H13FN2O2.ClH/c1-6(12)10(14)13-9-5-7(15-2)3-4-8(9)11;/h3-6H,12H2,1-2H3,(H,13,14);1H/t6-;/m1./s1. The molecule has 90 valence electrons. The molecule has 1 amide bonds. The molecule has 1 rings (SSSR count). The Balaban J connectivity index is 0.00000225. The fourth-order valence-corrected chi connectivity index (χ4v) is 0.974. The average Bonchev–Trinajstić information content (AvgIpc) is 2.21. The summed E-state index contributed by atoms with van der Waals surface area (Å²) in [6.45, 7) is 1.52. The third kappa shape index (κ3) is 3.67. The van der Waals surface area contributed by atoms with Gasteiger partial charge in [-0.2, -0.15) is 0 Å². The number of hydrogen-bond acceptors (Lipinski definition) is 3. The van der Waals surface area contributed by atoms with Crippen LogP contribution in [0.3, 0.4) is 0 Å². The minimum Gasteiger partial charge on any atom is -0.497 e. The summed E-state index contributed by atoms with van der Waals surface area (Å²) < 4.78 is 18.1. The van der Waals surface area contributed by atoms with Crippen molar-refractivity contribution in [1.82, 2.24) is 0 Å². The SMILES string of the molecule is COc1ccc(F)c(NC(=O)[C@@H](C)N)c1.Cl. The number of benzene rings is 1. The highest BCUT2D eigenvalue weighted by molar-refractivity contribution is 5.94. The molecule has 0 fully saturated rings. The maximum absolute atomic E-state index is 13.2. The molecule has 1 aromatic rings. The summed E-state index contributed by atoms with van der Waals surface area (Å²) in [5, 5.41) is 2.37. The lowest BCUT2D eigenvalue weighted by molar-refractivity contribution is -0.117. The first kappa shape index (κ1) is 14.7. The third-order valence-corrected chi connectivity index (χ3v) is 1.84. The van der Waals surface area contributed by atoms with Gasteiger partial charge in [-0.05, 0) is 19.1 Å². The number of amides is 1. The van der Waals surface area contributed by atoms with Crippen molar-refractivity contribution in [3.63, 3.8) is 0 Å². The largest absolute Gasteiger partial charge is 0.497 e. The number of ether oxygens (including phenoxy) is 1.